The van der Waals surface area contributed by atoms with Crippen molar-refractivity contribution in [1.82, 2.24) is 5.32 Å². The predicted molar refractivity (Wildman–Crippen MR) is 73.6 cm³/mol. The smallest absolute Gasteiger partial charge is 0.224 e. The largest absolute Gasteiger partial charge is 0.356 e. The molecule has 0 radical (unpaired) electrons. The van der Waals surface area contributed by atoms with Crippen molar-refractivity contribution in [3.8, 4) is 12.3 Å². The molecule has 0 heterocycles. The molecule has 2 atom stereocenters. The van der Waals surface area contributed by atoms with E-state index in [9.17, 15) is 4.79 Å². The van der Waals surface area contributed by atoms with E-state index in [1.165, 1.54) is 0 Å². The molecule has 96 valence electrons. The van der Waals surface area contributed by atoms with Crippen LogP contribution in [0.4, 0.5) is 0 Å². The fourth-order valence-electron chi connectivity index (χ4n) is 1.69. The second kappa shape index (κ2) is 7.52. The van der Waals surface area contributed by atoms with E-state index in [-0.39, 0.29) is 17.9 Å². The zero-order chi connectivity index (χ0) is 13.4. The zero-order valence-electron chi connectivity index (χ0n) is 10.7. The molecule has 0 aromatic heterocycles. The van der Waals surface area contributed by atoms with E-state index >= 15 is 0 Å². The van der Waals surface area contributed by atoms with Crippen LogP contribution < -0.4 is 11.1 Å². The first-order valence-electron chi connectivity index (χ1n) is 6.18. The summed E-state index contributed by atoms with van der Waals surface area (Å²) >= 11 is 0. The van der Waals surface area contributed by atoms with Crippen LogP contribution in [-0.4, -0.2) is 12.5 Å². The van der Waals surface area contributed by atoms with Crippen molar-refractivity contribution in [1.29, 1.82) is 0 Å². The van der Waals surface area contributed by atoms with Crippen molar-refractivity contribution in [2.75, 3.05) is 6.54 Å². The normalized spacial score (nSPS) is 13.4. The Morgan fingerprint density at radius 2 is 2.11 bits per heavy atom. The molecular weight excluding hydrogens is 224 g/mol. The molecule has 0 aliphatic carbocycles. The molecule has 0 aliphatic heterocycles. The third-order valence-electron chi connectivity index (χ3n) is 2.93. The fraction of sp³-hybridized carbons (Fsp3) is 0.400. The Bertz CT molecular complexity index is 408. The Morgan fingerprint density at radius 3 is 2.72 bits per heavy atom. The van der Waals surface area contributed by atoms with Gasteiger partial charge in [0.25, 0.3) is 0 Å². The fourth-order valence-corrected chi connectivity index (χ4v) is 1.69. The number of carbonyl (C=O) groups excluding carboxylic acids is 1. The van der Waals surface area contributed by atoms with Gasteiger partial charge in [-0.15, -0.1) is 12.3 Å². The number of hydrogen-bond acceptors (Lipinski definition) is 2. The van der Waals surface area contributed by atoms with E-state index in [1.54, 1.807) is 0 Å². The molecule has 1 amide bonds. The molecule has 3 nitrogen and oxygen atoms in total. The maximum absolute atomic E-state index is 11.9. The van der Waals surface area contributed by atoms with Crippen LogP contribution in [0.2, 0.25) is 0 Å². The molecule has 2 unspecified atom stereocenters. The number of carbonyl (C=O) groups is 1. The quantitative estimate of drug-likeness (QED) is 0.592. The predicted octanol–water partition coefficient (Wildman–Crippen LogP) is 1.85. The van der Waals surface area contributed by atoms with Crippen molar-refractivity contribution in [3.63, 3.8) is 0 Å². The minimum Gasteiger partial charge on any atom is -0.356 e. The van der Waals surface area contributed by atoms with Crippen molar-refractivity contribution >= 4 is 5.91 Å². The molecule has 0 fully saturated rings. The zero-order valence-corrected chi connectivity index (χ0v) is 10.7. The molecule has 1 aromatic rings. The van der Waals surface area contributed by atoms with Gasteiger partial charge in [0.05, 0.1) is 5.92 Å². The van der Waals surface area contributed by atoms with Crippen LogP contribution in [0.5, 0.6) is 0 Å². The number of rotatable bonds is 6. The lowest BCUT2D eigenvalue weighted by Gasteiger charge is -2.19. The maximum Gasteiger partial charge on any atom is 0.224 e. The number of benzene rings is 1. The van der Waals surface area contributed by atoms with Crippen LogP contribution in [0.3, 0.4) is 0 Å². The van der Waals surface area contributed by atoms with E-state index in [4.69, 9.17) is 12.2 Å². The van der Waals surface area contributed by atoms with Crippen LogP contribution >= 0.6 is 0 Å². The second-order valence-corrected chi connectivity index (χ2v) is 4.32. The monoisotopic (exact) mass is 244 g/mol. The van der Waals surface area contributed by atoms with E-state index in [1.807, 2.05) is 37.3 Å². The second-order valence-electron chi connectivity index (χ2n) is 4.32. The Morgan fingerprint density at radius 1 is 1.44 bits per heavy atom. The summed E-state index contributed by atoms with van der Waals surface area (Å²) < 4.78 is 0. The summed E-state index contributed by atoms with van der Waals surface area (Å²) in [6.45, 7) is 2.45. The molecule has 1 aromatic carbocycles. The number of unbranched alkanes of at least 4 members (excludes halogenated alkanes) is 1. The standard InChI is InChI=1S/C15H20N2O/c1-3-4-8-11-17-15(18)12(2)14(16)13-9-6-5-7-10-13/h1,5-7,9-10,12,14H,4,8,11,16H2,2H3,(H,17,18). The summed E-state index contributed by atoms with van der Waals surface area (Å²) in [4.78, 5) is 11.9. The average Bonchev–Trinajstić information content (AvgIpc) is 2.42. The SMILES string of the molecule is C#CCCCNC(=O)C(C)C(N)c1ccccc1. The third-order valence-corrected chi connectivity index (χ3v) is 2.93. The summed E-state index contributed by atoms with van der Waals surface area (Å²) in [5.74, 6) is 2.27. The highest BCUT2D eigenvalue weighted by atomic mass is 16.1. The lowest BCUT2D eigenvalue weighted by molar-refractivity contribution is -0.125. The summed E-state index contributed by atoms with van der Waals surface area (Å²) in [5.41, 5.74) is 7.05. The van der Waals surface area contributed by atoms with E-state index in [0.717, 1.165) is 12.0 Å². The number of terminal acetylenes is 1. The lowest BCUT2D eigenvalue weighted by atomic mass is 9.94. The summed E-state index contributed by atoms with van der Waals surface area (Å²) in [7, 11) is 0. The Hall–Kier alpha value is -1.79. The van der Waals surface area contributed by atoms with E-state index < -0.39 is 0 Å². The van der Waals surface area contributed by atoms with Crippen molar-refractivity contribution in [3.05, 3.63) is 35.9 Å². The van der Waals surface area contributed by atoms with Gasteiger partial charge < -0.3 is 11.1 Å². The highest BCUT2D eigenvalue weighted by molar-refractivity contribution is 5.79. The van der Waals surface area contributed by atoms with Crippen LogP contribution in [0.1, 0.15) is 31.4 Å². The van der Waals surface area contributed by atoms with Crippen molar-refractivity contribution in [2.24, 2.45) is 11.7 Å². The van der Waals surface area contributed by atoms with Gasteiger partial charge in [-0.05, 0) is 12.0 Å². The molecule has 3 N–H and O–H groups in total. The van der Waals surface area contributed by atoms with Gasteiger partial charge in [0.15, 0.2) is 0 Å². The van der Waals surface area contributed by atoms with E-state index in [0.29, 0.717) is 13.0 Å². The van der Waals surface area contributed by atoms with Gasteiger partial charge in [-0.2, -0.15) is 0 Å². The first-order chi connectivity index (χ1) is 8.66. The van der Waals surface area contributed by atoms with Crippen molar-refractivity contribution in [2.45, 2.75) is 25.8 Å². The molecule has 18 heavy (non-hydrogen) atoms. The van der Waals surface area contributed by atoms with Crippen LogP contribution in [-0.2, 0) is 4.79 Å². The topological polar surface area (TPSA) is 55.1 Å². The van der Waals surface area contributed by atoms with Crippen molar-refractivity contribution < 1.29 is 4.79 Å². The van der Waals surface area contributed by atoms with Gasteiger partial charge >= 0.3 is 0 Å². The van der Waals surface area contributed by atoms with Crippen LogP contribution in [0.25, 0.3) is 0 Å². The van der Waals surface area contributed by atoms with E-state index in [2.05, 4.69) is 11.2 Å². The summed E-state index contributed by atoms with van der Waals surface area (Å²) in [6, 6.07) is 9.37. The van der Waals surface area contributed by atoms with Gasteiger partial charge in [0.1, 0.15) is 0 Å². The van der Waals surface area contributed by atoms with Gasteiger partial charge in [0, 0.05) is 19.0 Å². The number of nitrogens with one attached hydrogen (secondary N) is 1. The lowest BCUT2D eigenvalue weighted by Crippen LogP contribution is -2.36. The molecule has 0 saturated heterocycles. The molecule has 0 aliphatic rings. The van der Waals surface area contributed by atoms with Gasteiger partial charge in [-0.25, -0.2) is 0 Å². The molecule has 0 bridgehead atoms. The Balaban J connectivity index is 2.46. The highest BCUT2D eigenvalue weighted by Gasteiger charge is 2.21. The number of amides is 1. The Kier molecular flexibility index (Phi) is 5.96. The minimum atomic E-state index is -0.279. The molecule has 1 rings (SSSR count). The first-order valence-corrected chi connectivity index (χ1v) is 6.18. The third kappa shape index (κ3) is 4.23. The molecule has 0 saturated carbocycles. The number of hydrogen-bond donors (Lipinski definition) is 2. The summed E-state index contributed by atoms with van der Waals surface area (Å²) in [6.07, 6.45) is 6.63. The molecule has 3 heteroatoms. The summed E-state index contributed by atoms with van der Waals surface area (Å²) in [5, 5.41) is 2.85. The average molecular weight is 244 g/mol. The van der Waals surface area contributed by atoms with Gasteiger partial charge in [-0.3, -0.25) is 4.79 Å². The minimum absolute atomic E-state index is 0.0247. The van der Waals surface area contributed by atoms with Crippen LogP contribution in [0.15, 0.2) is 30.3 Å². The first kappa shape index (κ1) is 14.3. The maximum atomic E-state index is 11.9. The number of nitrogens with two attached hydrogens (primary N) is 1. The molecule has 0 spiro atoms. The van der Waals surface area contributed by atoms with Gasteiger partial charge in [-0.1, -0.05) is 37.3 Å². The molecular formula is C15H20N2O. The van der Waals surface area contributed by atoms with Crippen LogP contribution in [0, 0.1) is 18.3 Å². The Labute approximate surface area is 109 Å². The van der Waals surface area contributed by atoms with Gasteiger partial charge in [0.2, 0.25) is 5.91 Å². The highest BCUT2D eigenvalue weighted by Crippen LogP contribution is 2.18.